The average Bonchev–Trinajstić information content (AvgIpc) is 4.24. The van der Waals surface area contributed by atoms with Gasteiger partial charge in [0.2, 0.25) is 5.28 Å². The normalized spacial score (nSPS) is 23.1. The Labute approximate surface area is 482 Å². The van der Waals surface area contributed by atoms with Gasteiger partial charge >= 0.3 is 7.12 Å². The van der Waals surface area contributed by atoms with Crippen molar-refractivity contribution in [1.82, 2.24) is 24.9 Å². The molecule has 0 unspecified atom stereocenters. The monoisotopic (exact) mass is 1260 g/mol. The Hall–Kier alpha value is -4.18. The second kappa shape index (κ2) is 23.2. The van der Waals surface area contributed by atoms with Gasteiger partial charge in [-0.25, -0.2) is 31.8 Å². The molecule has 0 amide bonds. The molecule has 8 aliphatic rings. The predicted octanol–water partition coefficient (Wildman–Crippen LogP) is 7.05. The number of morpholine rings is 2. The summed E-state index contributed by atoms with van der Waals surface area (Å²) in [5.74, 6) is 2.61. The van der Waals surface area contributed by atoms with Gasteiger partial charge in [-0.05, 0) is 105 Å². The Kier molecular flexibility index (Phi) is 17.1. The lowest BCUT2D eigenvalue weighted by Gasteiger charge is -2.43. The molecule has 0 spiro atoms. The second-order valence-electron chi connectivity index (χ2n) is 21.9. The van der Waals surface area contributed by atoms with Gasteiger partial charge < -0.3 is 52.5 Å². The Morgan fingerprint density at radius 2 is 1.23 bits per heavy atom. The molecule has 0 bridgehead atoms. The van der Waals surface area contributed by atoms with Crippen LogP contribution in [0.2, 0.25) is 5.28 Å². The highest BCUT2D eigenvalue weighted by molar-refractivity contribution is 14.1. The van der Waals surface area contributed by atoms with Gasteiger partial charge in [-0.15, -0.1) is 0 Å². The summed E-state index contributed by atoms with van der Waals surface area (Å²) in [7, 11) is -7.26. The van der Waals surface area contributed by atoms with E-state index in [0.29, 0.717) is 145 Å². The molecule has 1 aliphatic carbocycles. The molecule has 7 aliphatic heterocycles. The van der Waals surface area contributed by atoms with Crippen molar-refractivity contribution in [2.24, 2.45) is 0 Å². The van der Waals surface area contributed by atoms with Crippen LogP contribution in [0.5, 0.6) is 11.5 Å². The number of halogens is 2. The molecule has 10 heterocycles. The first-order valence-electron chi connectivity index (χ1n) is 27.0. The van der Waals surface area contributed by atoms with Crippen LogP contribution in [0, 0.1) is 0 Å². The van der Waals surface area contributed by atoms with Gasteiger partial charge in [0, 0.05) is 74.7 Å². The minimum absolute atomic E-state index is 0.0269. The number of hydrogen-bond acceptors (Lipinski definition) is 18. The van der Waals surface area contributed by atoms with Crippen molar-refractivity contribution >= 4 is 95.1 Å². The highest BCUT2D eigenvalue weighted by atomic mass is 127. The third-order valence-corrected chi connectivity index (χ3v) is 20.8. The average molecular weight is 1260 g/mol. The second-order valence-corrected chi connectivity index (χ2v) is 28.4. The third-order valence-electron chi connectivity index (χ3n) is 16.6. The zero-order valence-electron chi connectivity index (χ0n) is 45.9. The summed E-state index contributed by atoms with van der Waals surface area (Å²) in [5, 5.41) is 1.01. The van der Waals surface area contributed by atoms with Gasteiger partial charge in [0.05, 0.1) is 49.7 Å². The molecule has 13 rings (SSSR count). The van der Waals surface area contributed by atoms with Gasteiger partial charge in [-0.3, -0.25) is 0 Å². The van der Waals surface area contributed by atoms with Crippen LogP contribution in [-0.4, -0.2) is 168 Å². The van der Waals surface area contributed by atoms with Gasteiger partial charge in [-0.1, -0.05) is 72.0 Å². The highest BCUT2D eigenvalue weighted by Crippen LogP contribution is 2.50. The summed E-state index contributed by atoms with van der Waals surface area (Å²) >= 11 is 8.47. The topological polar surface area (TPSA) is 216 Å². The smallest absolute Gasteiger partial charge is 0.486 e. The van der Waals surface area contributed by atoms with E-state index in [1.54, 1.807) is 0 Å². The Morgan fingerprint density at radius 3 is 1.78 bits per heavy atom. The van der Waals surface area contributed by atoms with E-state index in [1.807, 2.05) is 30.5 Å². The molecule has 2 atom stereocenters. The van der Waals surface area contributed by atoms with Crippen molar-refractivity contribution in [3.05, 3.63) is 82.5 Å². The third kappa shape index (κ3) is 11.1. The minimum atomic E-state index is -3.53. The Bertz CT molecular complexity index is 3290. The molecule has 5 aromatic rings. The quantitative estimate of drug-likeness (QED) is 0.0780. The summed E-state index contributed by atoms with van der Waals surface area (Å²) in [6.45, 7) is 16.3. The van der Waals surface area contributed by atoms with Crippen LogP contribution in [0.4, 0.5) is 11.6 Å². The van der Waals surface area contributed by atoms with Crippen LogP contribution in [0.25, 0.3) is 28.4 Å². The summed E-state index contributed by atoms with van der Waals surface area (Å²) < 4.78 is 97.4. The van der Waals surface area contributed by atoms with Gasteiger partial charge in [0.15, 0.2) is 48.6 Å². The number of alkyl halides is 1. The molecule has 0 radical (unpaired) electrons. The molecule has 5 saturated heterocycles. The molecule has 19 nitrogen and oxygen atoms in total. The number of hydrogen-bond donors (Lipinski definition) is 1. The fourth-order valence-electron chi connectivity index (χ4n) is 11.5. The Balaban J connectivity index is 0.000000136. The number of H-pyrrole nitrogens is 1. The number of aromatic amines is 1. The standard InChI is InChI=1S/C23H26N4O5S.C15H19BO2.C15H20ClN3O5S.C2H5I/c1-33(28,29)23(6-10-30-11-7-23)20-19-22(27-9-12-31-13-15(27)14-32-19)26-21(25-20)17-3-2-4-18-16(17)5-8-24-18;1-14(2)15(3,4)18-16(17-14)13-10-6-8-11-7-5-9-12(11)13;1-25(20,21)15(2-5-22-6-3-15)12-11-13(18-14(16)17-12)19-4-7-23-8-10(19)9-24-11;1-2-3/h2-5,8,15,24H,6-7,9-14H2,1H3;5-6,8-10H,7H2,1-4H3;10H,2-9H2,1H3;2H2,1H3/t15-;;10-;/m1.1./s1. The lowest BCUT2D eigenvalue weighted by Crippen LogP contribution is -2.52. The highest BCUT2D eigenvalue weighted by Gasteiger charge is 2.54. The number of aromatic nitrogens is 5. The molecule has 24 heteroatoms. The van der Waals surface area contributed by atoms with Crippen molar-refractivity contribution in [1.29, 1.82) is 0 Å². The first kappa shape index (κ1) is 58.0. The number of nitrogens with one attached hydrogen (secondary N) is 1. The van der Waals surface area contributed by atoms with E-state index in [4.69, 9.17) is 59.3 Å². The number of fused-ring (bicyclic) bond motifs is 8. The van der Waals surface area contributed by atoms with E-state index in [9.17, 15) is 16.8 Å². The van der Waals surface area contributed by atoms with Crippen molar-refractivity contribution < 1.29 is 54.6 Å². The van der Waals surface area contributed by atoms with Crippen molar-refractivity contribution in [2.45, 2.75) is 99.5 Å². The van der Waals surface area contributed by atoms with Crippen LogP contribution < -0.4 is 24.7 Å². The van der Waals surface area contributed by atoms with Crippen molar-refractivity contribution in [3.8, 4) is 22.9 Å². The lowest BCUT2D eigenvalue weighted by atomic mass is 9.75. The molecule has 426 valence electrons. The number of ether oxygens (including phenoxy) is 6. The number of rotatable bonds is 6. The number of sulfone groups is 2. The molecule has 5 fully saturated rings. The van der Waals surface area contributed by atoms with Crippen LogP contribution in [0.3, 0.4) is 0 Å². The van der Waals surface area contributed by atoms with Crippen LogP contribution in [-0.2, 0) is 63.8 Å². The van der Waals surface area contributed by atoms with E-state index in [0.717, 1.165) is 28.4 Å². The summed E-state index contributed by atoms with van der Waals surface area (Å²) in [6.07, 6.45) is 11.1. The Morgan fingerprint density at radius 1 is 0.696 bits per heavy atom. The predicted molar refractivity (Wildman–Crippen MR) is 314 cm³/mol. The van der Waals surface area contributed by atoms with Crippen LogP contribution in [0.1, 0.15) is 82.8 Å². The molecule has 1 N–H and O–H groups in total. The molecule has 0 saturated carbocycles. The maximum absolute atomic E-state index is 13.3. The van der Waals surface area contributed by atoms with Crippen LogP contribution >= 0.6 is 34.2 Å². The van der Waals surface area contributed by atoms with Crippen molar-refractivity contribution in [3.63, 3.8) is 0 Å². The minimum Gasteiger partial charge on any atom is -0.486 e. The number of nitrogens with zero attached hydrogens (tertiary/aromatic N) is 6. The summed E-state index contributed by atoms with van der Waals surface area (Å²) in [6, 6.07) is 14.4. The largest absolute Gasteiger partial charge is 0.495 e. The fourth-order valence-corrected chi connectivity index (χ4v) is 14.4. The summed E-state index contributed by atoms with van der Waals surface area (Å²) in [4.78, 5) is 26.1. The molecule has 79 heavy (non-hydrogen) atoms. The SMILES string of the molecule is CC1(C)OB(c2cccc3c2C=CC3)OC1(C)C.CCI.CS(=O)(=O)C1(c2nc(-c3cccc4[nH]ccc34)nc3c2OC[C@H]2COCCN32)CCOCC1.CS(=O)(=O)C1(c2nc(Cl)nc3c2OC[C@H]2COCCN32)CCOCC1. The first-order valence-corrected chi connectivity index (χ1v) is 32.7. The van der Waals surface area contributed by atoms with E-state index >= 15 is 0 Å². The van der Waals surface area contributed by atoms with Crippen molar-refractivity contribution in [2.75, 3.05) is 106 Å². The lowest BCUT2D eigenvalue weighted by molar-refractivity contribution is 0.00578. The van der Waals surface area contributed by atoms with Gasteiger partial charge in [0.1, 0.15) is 34.1 Å². The fraction of sp³-hybridized carbons (Fsp3) is 0.564. The molecule has 2 aromatic carbocycles. The number of allylic oxidation sites excluding steroid dienone is 1. The van der Waals surface area contributed by atoms with Gasteiger partial charge in [-0.2, -0.15) is 4.98 Å². The first-order chi connectivity index (χ1) is 37.7. The van der Waals surface area contributed by atoms with E-state index in [2.05, 4.69) is 112 Å². The zero-order chi connectivity index (χ0) is 56.0. The molecular formula is C55H70BClIN7O12S2. The van der Waals surface area contributed by atoms with Crippen LogP contribution in [0.15, 0.2) is 54.7 Å². The van der Waals surface area contributed by atoms with Gasteiger partial charge in [0.25, 0.3) is 0 Å². The number of benzene rings is 2. The van der Waals surface area contributed by atoms with E-state index < -0.39 is 29.2 Å². The molecular weight excluding hydrogens is 1190 g/mol. The molecule has 3 aromatic heterocycles. The number of anilines is 2. The summed E-state index contributed by atoms with van der Waals surface area (Å²) in [5.41, 5.74) is 5.87. The zero-order valence-corrected chi connectivity index (χ0v) is 50.4. The van der Waals surface area contributed by atoms with E-state index in [-0.39, 0.29) is 35.7 Å². The van der Waals surface area contributed by atoms with E-state index in [1.165, 1.54) is 28.1 Å². The maximum Gasteiger partial charge on any atom is 0.495 e. The maximum atomic E-state index is 13.3.